The Hall–Kier alpha value is -4.08. The molecule has 0 fully saturated rings. The normalized spacial score (nSPS) is 11.5. The highest BCUT2D eigenvalue weighted by molar-refractivity contribution is 6.04. The minimum atomic E-state index is -4.42. The number of nitrogens with zero attached hydrogens (tertiary/aromatic N) is 3. The van der Waals surface area contributed by atoms with Crippen LogP contribution in [0.15, 0.2) is 54.6 Å². The van der Waals surface area contributed by atoms with Crippen molar-refractivity contribution in [3.63, 3.8) is 0 Å². The molecular formula is C24H22F3N5O2. The van der Waals surface area contributed by atoms with Crippen LogP contribution in [0.1, 0.15) is 33.0 Å². The second-order valence-corrected chi connectivity index (χ2v) is 7.75. The molecule has 10 heteroatoms. The Morgan fingerprint density at radius 1 is 1.12 bits per heavy atom. The Bertz CT molecular complexity index is 1340. The minimum Gasteiger partial charge on any atom is -0.497 e. The van der Waals surface area contributed by atoms with Crippen molar-refractivity contribution in [2.45, 2.75) is 26.6 Å². The zero-order valence-corrected chi connectivity index (χ0v) is 18.7. The number of aromatic nitrogens is 4. The topological polar surface area (TPSA) is 84.8 Å². The fourth-order valence-corrected chi connectivity index (χ4v) is 3.60. The molecule has 0 atom stereocenters. The van der Waals surface area contributed by atoms with Crippen LogP contribution in [-0.2, 0) is 12.7 Å². The maximum absolute atomic E-state index is 13.0. The lowest BCUT2D eigenvalue weighted by Crippen LogP contribution is -2.14. The van der Waals surface area contributed by atoms with Gasteiger partial charge in [-0.15, -0.1) is 0 Å². The van der Waals surface area contributed by atoms with Crippen LogP contribution < -0.4 is 10.1 Å². The first-order valence-corrected chi connectivity index (χ1v) is 10.4. The van der Waals surface area contributed by atoms with Gasteiger partial charge in [-0.2, -0.15) is 23.4 Å². The lowest BCUT2D eigenvalue weighted by molar-refractivity contribution is -0.137. The van der Waals surface area contributed by atoms with E-state index in [1.807, 2.05) is 24.3 Å². The fourth-order valence-electron chi connectivity index (χ4n) is 3.60. The van der Waals surface area contributed by atoms with Gasteiger partial charge in [0, 0.05) is 5.56 Å². The van der Waals surface area contributed by atoms with Gasteiger partial charge >= 0.3 is 6.18 Å². The first-order valence-electron chi connectivity index (χ1n) is 10.4. The van der Waals surface area contributed by atoms with Crippen molar-refractivity contribution in [3.8, 4) is 17.0 Å². The number of aromatic amines is 1. The number of carbonyl (C=O) groups excluding carboxylic acids is 1. The molecule has 0 radical (unpaired) electrons. The van der Waals surface area contributed by atoms with Crippen molar-refractivity contribution < 1.29 is 22.7 Å². The van der Waals surface area contributed by atoms with Gasteiger partial charge in [0.15, 0.2) is 0 Å². The average molecular weight is 469 g/mol. The van der Waals surface area contributed by atoms with E-state index in [1.54, 1.807) is 37.8 Å². The fraction of sp³-hybridized carbons (Fsp3) is 0.208. The van der Waals surface area contributed by atoms with Gasteiger partial charge in [-0.1, -0.05) is 24.3 Å². The maximum atomic E-state index is 13.0. The summed E-state index contributed by atoms with van der Waals surface area (Å²) in [5.41, 5.74) is 3.02. The summed E-state index contributed by atoms with van der Waals surface area (Å²) in [7, 11) is 1.57. The van der Waals surface area contributed by atoms with E-state index >= 15 is 0 Å². The van der Waals surface area contributed by atoms with Crippen LogP contribution in [0.25, 0.3) is 11.3 Å². The Morgan fingerprint density at radius 3 is 2.62 bits per heavy atom. The summed E-state index contributed by atoms with van der Waals surface area (Å²) in [6.45, 7) is 3.61. The molecular weight excluding hydrogens is 447 g/mol. The number of amides is 1. The Kier molecular flexibility index (Phi) is 6.14. The molecule has 176 valence electrons. The smallest absolute Gasteiger partial charge is 0.416 e. The molecule has 2 heterocycles. The molecule has 0 bridgehead atoms. The predicted octanol–water partition coefficient (Wildman–Crippen LogP) is 5.22. The second kappa shape index (κ2) is 9.05. The number of carbonyl (C=O) groups is 1. The van der Waals surface area contributed by atoms with Crippen LogP contribution >= 0.6 is 0 Å². The van der Waals surface area contributed by atoms with Crippen LogP contribution in [0.2, 0.25) is 0 Å². The summed E-state index contributed by atoms with van der Waals surface area (Å²) in [5.74, 6) is 0.261. The van der Waals surface area contributed by atoms with Crippen molar-refractivity contribution >= 4 is 11.6 Å². The highest BCUT2D eigenvalue weighted by Crippen LogP contribution is 2.30. The first kappa shape index (κ1) is 23.1. The predicted molar refractivity (Wildman–Crippen MR) is 121 cm³/mol. The van der Waals surface area contributed by atoms with Crippen LogP contribution in [0.5, 0.6) is 5.75 Å². The van der Waals surface area contributed by atoms with Crippen LogP contribution in [0, 0.1) is 13.8 Å². The number of aryl methyl sites for hydroxylation is 1. The van der Waals surface area contributed by atoms with Gasteiger partial charge in [-0.3, -0.25) is 14.6 Å². The number of rotatable bonds is 6. The minimum absolute atomic E-state index is 0.135. The van der Waals surface area contributed by atoms with E-state index in [0.29, 0.717) is 34.1 Å². The third-order valence-corrected chi connectivity index (χ3v) is 5.39. The zero-order chi connectivity index (χ0) is 24.5. The quantitative estimate of drug-likeness (QED) is 0.406. The number of hydrogen-bond donors (Lipinski definition) is 2. The molecule has 0 aliphatic carbocycles. The second-order valence-electron chi connectivity index (χ2n) is 7.75. The number of nitrogens with one attached hydrogen (secondary N) is 2. The van der Waals surface area contributed by atoms with Gasteiger partial charge in [-0.05, 0) is 49.7 Å². The van der Waals surface area contributed by atoms with Crippen LogP contribution in [0.3, 0.4) is 0 Å². The van der Waals surface area contributed by atoms with E-state index in [2.05, 4.69) is 20.6 Å². The SMILES string of the molecule is COc1cccc(-c2cc(C(=O)Nc3c(C)nn(Cc4cccc(C(F)(F)F)c4)c3C)[nH]n2)c1. The standard InChI is InChI=1S/C24H22F3N5O2/c1-14-22(15(2)32(31-14)13-16-6-4-8-18(10-16)24(25,26)27)28-23(33)21-12-20(29-30-21)17-7-5-9-19(11-17)34-3/h4-12H,13H2,1-3H3,(H,28,33)(H,29,30). The number of methoxy groups -OCH3 is 1. The summed E-state index contributed by atoms with van der Waals surface area (Å²) in [6, 6.07) is 14.0. The average Bonchev–Trinajstić information content (AvgIpc) is 3.40. The first-order chi connectivity index (χ1) is 16.2. The largest absolute Gasteiger partial charge is 0.497 e. The van der Waals surface area contributed by atoms with Crippen molar-refractivity contribution in [2.75, 3.05) is 12.4 Å². The number of alkyl halides is 3. The molecule has 4 aromatic rings. The van der Waals surface area contributed by atoms with E-state index in [-0.39, 0.29) is 12.2 Å². The van der Waals surface area contributed by atoms with Crippen molar-refractivity contribution in [2.24, 2.45) is 0 Å². The third-order valence-electron chi connectivity index (χ3n) is 5.39. The zero-order valence-electron chi connectivity index (χ0n) is 18.7. The lowest BCUT2D eigenvalue weighted by atomic mass is 10.1. The van der Waals surface area contributed by atoms with Gasteiger partial charge in [0.2, 0.25) is 0 Å². The molecule has 0 saturated carbocycles. The summed E-state index contributed by atoms with van der Waals surface area (Å²) < 4.78 is 45.9. The molecule has 1 amide bonds. The molecule has 34 heavy (non-hydrogen) atoms. The van der Waals surface area contributed by atoms with Crippen LogP contribution in [-0.4, -0.2) is 33.0 Å². The van der Waals surface area contributed by atoms with Gasteiger partial charge in [0.25, 0.3) is 5.91 Å². The van der Waals surface area contributed by atoms with Crippen molar-refractivity contribution in [3.05, 3.63) is 82.8 Å². The molecule has 2 aromatic carbocycles. The number of hydrogen-bond acceptors (Lipinski definition) is 4. The Labute approximate surface area is 193 Å². The number of halogens is 3. The molecule has 0 saturated heterocycles. The van der Waals surface area contributed by atoms with Gasteiger partial charge in [0.1, 0.15) is 11.4 Å². The maximum Gasteiger partial charge on any atom is 0.416 e. The molecule has 4 rings (SSSR count). The summed E-state index contributed by atoms with van der Waals surface area (Å²) in [4.78, 5) is 12.8. The number of benzene rings is 2. The monoisotopic (exact) mass is 469 g/mol. The molecule has 7 nitrogen and oxygen atoms in total. The van der Waals surface area contributed by atoms with E-state index in [9.17, 15) is 18.0 Å². The molecule has 0 unspecified atom stereocenters. The van der Waals surface area contributed by atoms with E-state index in [1.165, 1.54) is 6.07 Å². The number of ether oxygens (including phenoxy) is 1. The molecule has 2 aromatic heterocycles. The third kappa shape index (κ3) is 4.80. The molecule has 0 aliphatic heterocycles. The van der Waals surface area contributed by atoms with Gasteiger partial charge < -0.3 is 10.1 Å². The summed E-state index contributed by atoms with van der Waals surface area (Å²) >= 11 is 0. The van der Waals surface area contributed by atoms with E-state index < -0.39 is 17.6 Å². The summed E-state index contributed by atoms with van der Waals surface area (Å²) in [5, 5.41) is 14.2. The molecule has 2 N–H and O–H groups in total. The van der Waals surface area contributed by atoms with Gasteiger partial charge in [0.05, 0.1) is 42.0 Å². The lowest BCUT2D eigenvalue weighted by Gasteiger charge is -2.10. The van der Waals surface area contributed by atoms with Gasteiger partial charge in [-0.25, -0.2) is 0 Å². The highest BCUT2D eigenvalue weighted by atomic mass is 19.4. The van der Waals surface area contributed by atoms with Crippen molar-refractivity contribution in [1.29, 1.82) is 0 Å². The van der Waals surface area contributed by atoms with Crippen molar-refractivity contribution in [1.82, 2.24) is 20.0 Å². The molecule has 0 aliphatic rings. The number of H-pyrrole nitrogens is 1. The van der Waals surface area contributed by atoms with E-state index in [4.69, 9.17) is 4.74 Å². The molecule has 0 spiro atoms. The Balaban J connectivity index is 1.52. The van der Waals surface area contributed by atoms with Crippen LogP contribution in [0.4, 0.5) is 18.9 Å². The number of anilines is 1. The highest BCUT2D eigenvalue weighted by Gasteiger charge is 2.30. The Morgan fingerprint density at radius 2 is 1.88 bits per heavy atom. The summed E-state index contributed by atoms with van der Waals surface area (Å²) in [6.07, 6.45) is -4.42. The van der Waals surface area contributed by atoms with E-state index in [0.717, 1.165) is 17.7 Å².